The van der Waals surface area contributed by atoms with E-state index < -0.39 is 15.8 Å². The van der Waals surface area contributed by atoms with Gasteiger partial charge >= 0.3 is 0 Å². The minimum atomic E-state index is -3.61. The summed E-state index contributed by atoms with van der Waals surface area (Å²) < 4.78 is 40.0. The molecule has 0 fully saturated rings. The minimum absolute atomic E-state index is 0.0798. The van der Waals surface area contributed by atoms with E-state index in [0.29, 0.717) is 0 Å². The Morgan fingerprint density at radius 1 is 1.09 bits per heavy atom. The lowest BCUT2D eigenvalue weighted by atomic mass is 10.1. The molecule has 0 saturated carbocycles. The van der Waals surface area contributed by atoms with Crippen LogP contribution in [0.4, 0.5) is 4.39 Å². The van der Waals surface area contributed by atoms with Gasteiger partial charge in [-0.15, -0.1) is 0 Å². The molecule has 2 rings (SSSR count). The molecule has 2 aromatic rings. The van der Waals surface area contributed by atoms with Gasteiger partial charge in [-0.3, -0.25) is 0 Å². The maximum absolute atomic E-state index is 13.4. The Bertz CT molecular complexity index is 848. The lowest BCUT2D eigenvalue weighted by Crippen LogP contribution is -2.24. The molecule has 5 heteroatoms. The fraction of sp³-hybridized carbons (Fsp3) is 0.176. The van der Waals surface area contributed by atoms with Crippen molar-refractivity contribution in [3.05, 3.63) is 65.0 Å². The van der Waals surface area contributed by atoms with Crippen LogP contribution in [-0.4, -0.2) is 15.0 Å². The van der Waals surface area contributed by atoms with E-state index in [4.69, 9.17) is 0 Å². The van der Waals surface area contributed by atoms with Gasteiger partial charge in [-0.05, 0) is 49.2 Å². The van der Waals surface area contributed by atoms with Gasteiger partial charge in [0.1, 0.15) is 5.82 Å². The lowest BCUT2D eigenvalue weighted by molar-refractivity contribution is 0.586. The zero-order valence-electron chi connectivity index (χ0n) is 12.4. The molecule has 0 bridgehead atoms. The predicted octanol–water partition coefficient (Wildman–Crippen LogP) is 2.77. The Hall–Kier alpha value is -2.16. The summed E-state index contributed by atoms with van der Waals surface area (Å²) in [5.41, 5.74) is 2.17. The fourth-order valence-corrected chi connectivity index (χ4v) is 2.81. The molecule has 0 unspecified atom stereocenters. The van der Waals surface area contributed by atoms with Crippen molar-refractivity contribution in [3.8, 4) is 11.8 Å². The van der Waals surface area contributed by atoms with Crippen LogP contribution in [0.1, 0.15) is 16.7 Å². The van der Waals surface area contributed by atoms with Crippen LogP contribution in [-0.2, 0) is 10.0 Å². The highest BCUT2D eigenvalue weighted by Gasteiger charge is 2.13. The van der Waals surface area contributed by atoms with E-state index in [1.54, 1.807) is 36.4 Å². The topological polar surface area (TPSA) is 46.2 Å². The van der Waals surface area contributed by atoms with Crippen LogP contribution in [0.2, 0.25) is 0 Å². The summed E-state index contributed by atoms with van der Waals surface area (Å²) in [6.45, 7) is 3.69. The summed E-state index contributed by atoms with van der Waals surface area (Å²) in [6, 6.07) is 11.0. The molecule has 22 heavy (non-hydrogen) atoms. The number of hydrogen-bond donors (Lipinski definition) is 1. The molecular formula is C17H16FNO2S. The second-order valence-corrected chi connectivity index (χ2v) is 6.62. The third kappa shape index (κ3) is 3.94. The number of sulfonamides is 1. The second-order valence-electron chi connectivity index (χ2n) is 4.85. The Balaban J connectivity index is 2.08. The van der Waals surface area contributed by atoms with Crippen molar-refractivity contribution in [1.29, 1.82) is 0 Å². The molecule has 0 aliphatic heterocycles. The number of halogens is 1. The first-order valence-corrected chi connectivity index (χ1v) is 8.19. The standard InChI is InChI=1S/C17H16FNO2S/c1-13-9-10-16(12-14(13)2)22(20,21)19-11-5-7-15-6-3-4-8-17(15)18/h3-4,6,8-10,12,19H,11H2,1-2H3. The van der Waals surface area contributed by atoms with E-state index in [-0.39, 0.29) is 17.0 Å². The van der Waals surface area contributed by atoms with Crippen molar-refractivity contribution in [2.75, 3.05) is 6.54 Å². The van der Waals surface area contributed by atoms with Crippen LogP contribution >= 0.6 is 0 Å². The van der Waals surface area contributed by atoms with E-state index in [9.17, 15) is 12.8 Å². The van der Waals surface area contributed by atoms with Crippen molar-refractivity contribution >= 4 is 10.0 Å². The molecule has 0 aliphatic rings. The zero-order chi connectivity index (χ0) is 16.2. The highest BCUT2D eigenvalue weighted by Crippen LogP contribution is 2.14. The second kappa shape index (κ2) is 6.73. The maximum Gasteiger partial charge on any atom is 0.241 e. The predicted molar refractivity (Wildman–Crippen MR) is 84.4 cm³/mol. The quantitative estimate of drug-likeness (QED) is 0.885. The molecule has 3 nitrogen and oxygen atoms in total. The smallest absolute Gasteiger partial charge is 0.207 e. The van der Waals surface area contributed by atoms with Gasteiger partial charge in [0.2, 0.25) is 10.0 Å². The van der Waals surface area contributed by atoms with Gasteiger partial charge in [-0.1, -0.05) is 30.0 Å². The first-order valence-electron chi connectivity index (χ1n) is 6.70. The largest absolute Gasteiger partial charge is 0.241 e. The van der Waals surface area contributed by atoms with E-state index in [0.717, 1.165) is 11.1 Å². The van der Waals surface area contributed by atoms with Crippen LogP contribution < -0.4 is 4.72 Å². The third-order valence-electron chi connectivity index (χ3n) is 3.24. The SMILES string of the molecule is Cc1ccc(S(=O)(=O)NCC#Cc2ccccc2F)cc1C. The van der Waals surface area contributed by atoms with Gasteiger partial charge in [0.15, 0.2) is 0 Å². The van der Waals surface area contributed by atoms with Gasteiger partial charge < -0.3 is 0 Å². The molecule has 2 aromatic carbocycles. The molecular weight excluding hydrogens is 301 g/mol. The molecule has 0 spiro atoms. The number of rotatable bonds is 3. The Kier molecular flexibility index (Phi) is 4.96. The Morgan fingerprint density at radius 3 is 2.50 bits per heavy atom. The number of nitrogens with one attached hydrogen (secondary N) is 1. The monoisotopic (exact) mass is 317 g/mol. The van der Waals surface area contributed by atoms with Crippen LogP contribution in [0.3, 0.4) is 0 Å². The van der Waals surface area contributed by atoms with Crippen LogP contribution in [0.25, 0.3) is 0 Å². The summed E-state index contributed by atoms with van der Waals surface area (Å²) >= 11 is 0. The van der Waals surface area contributed by atoms with Crippen LogP contribution in [0, 0.1) is 31.5 Å². The summed E-state index contributed by atoms with van der Waals surface area (Å²) in [4.78, 5) is 0.197. The van der Waals surface area contributed by atoms with Gasteiger partial charge in [-0.25, -0.2) is 12.8 Å². The van der Waals surface area contributed by atoms with Crippen molar-refractivity contribution < 1.29 is 12.8 Å². The summed E-state index contributed by atoms with van der Waals surface area (Å²) in [5, 5.41) is 0. The van der Waals surface area contributed by atoms with Crippen molar-refractivity contribution in [2.24, 2.45) is 0 Å². The molecule has 0 saturated heterocycles. The summed E-state index contributed by atoms with van der Waals surface area (Å²) in [7, 11) is -3.61. The van der Waals surface area contributed by atoms with Crippen LogP contribution in [0.5, 0.6) is 0 Å². The van der Waals surface area contributed by atoms with E-state index >= 15 is 0 Å². The Labute approximate surface area is 130 Å². The molecule has 0 heterocycles. The van der Waals surface area contributed by atoms with Crippen molar-refractivity contribution in [2.45, 2.75) is 18.7 Å². The number of hydrogen-bond acceptors (Lipinski definition) is 2. The molecule has 0 aliphatic carbocycles. The maximum atomic E-state index is 13.4. The first-order chi connectivity index (χ1) is 10.4. The van der Waals surface area contributed by atoms with Gasteiger partial charge in [0.05, 0.1) is 17.0 Å². The third-order valence-corrected chi connectivity index (χ3v) is 4.64. The number of aryl methyl sites for hydroxylation is 2. The lowest BCUT2D eigenvalue weighted by Gasteiger charge is -2.06. The molecule has 1 N–H and O–H groups in total. The first kappa shape index (κ1) is 16.2. The van der Waals surface area contributed by atoms with Crippen LogP contribution in [0.15, 0.2) is 47.4 Å². The van der Waals surface area contributed by atoms with E-state index in [1.807, 2.05) is 13.8 Å². The minimum Gasteiger partial charge on any atom is -0.207 e. The average Bonchev–Trinajstić information content (AvgIpc) is 2.48. The van der Waals surface area contributed by atoms with Gasteiger partial charge in [0.25, 0.3) is 0 Å². The summed E-state index contributed by atoms with van der Waals surface area (Å²) in [5.74, 6) is 4.80. The highest BCUT2D eigenvalue weighted by molar-refractivity contribution is 7.89. The molecule has 114 valence electrons. The van der Waals surface area contributed by atoms with Gasteiger partial charge in [0, 0.05) is 0 Å². The van der Waals surface area contributed by atoms with Crippen molar-refractivity contribution in [1.82, 2.24) is 4.72 Å². The zero-order valence-corrected chi connectivity index (χ0v) is 13.2. The average molecular weight is 317 g/mol. The summed E-state index contributed by atoms with van der Waals surface area (Å²) in [6.07, 6.45) is 0. The Morgan fingerprint density at radius 2 is 1.82 bits per heavy atom. The van der Waals surface area contributed by atoms with Crippen molar-refractivity contribution in [3.63, 3.8) is 0 Å². The normalized spacial score (nSPS) is 10.9. The van der Waals surface area contributed by atoms with Gasteiger partial charge in [-0.2, -0.15) is 4.72 Å². The molecule has 0 aromatic heterocycles. The number of benzene rings is 2. The molecule has 0 atom stereocenters. The fourth-order valence-electron chi connectivity index (χ4n) is 1.80. The molecule has 0 radical (unpaired) electrons. The van der Waals surface area contributed by atoms with E-state index in [2.05, 4.69) is 16.6 Å². The molecule has 0 amide bonds. The van der Waals surface area contributed by atoms with E-state index in [1.165, 1.54) is 6.07 Å². The highest BCUT2D eigenvalue weighted by atomic mass is 32.2.